The Balaban J connectivity index is 0.000000212. The Bertz CT molecular complexity index is 1740. The fourth-order valence-electron chi connectivity index (χ4n) is 5.21. The van der Waals surface area contributed by atoms with Crippen LogP contribution in [-0.2, 0) is 30.2 Å². The molecule has 0 unspecified atom stereocenters. The molecule has 0 N–H and O–H groups in total. The minimum atomic E-state index is -6.09. The number of benzene rings is 6. The molecule has 3 nitrogen and oxygen atoms in total. The van der Waals surface area contributed by atoms with E-state index in [0.29, 0.717) is 0 Å². The molecule has 0 atom stereocenters. The van der Waals surface area contributed by atoms with Crippen molar-refractivity contribution >= 4 is 57.8 Å². The zero-order valence-electron chi connectivity index (χ0n) is 30.0. The van der Waals surface area contributed by atoms with Crippen molar-refractivity contribution in [2.24, 2.45) is 0 Å². The van der Waals surface area contributed by atoms with Crippen molar-refractivity contribution in [1.82, 2.24) is 0 Å². The van der Waals surface area contributed by atoms with Crippen LogP contribution >= 0.6 is 15.8 Å². The van der Waals surface area contributed by atoms with Crippen LogP contribution in [-0.4, -0.2) is 18.5 Å². The average Bonchev–Trinajstić information content (AvgIpc) is 3.18. The van der Waals surface area contributed by atoms with Gasteiger partial charge in [0.1, 0.15) is 0 Å². The third kappa shape index (κ3) is 16.0. The summed E-state index contributed by atoms with van der Waals surface area (Å²) in [6, 6.07) is 64.7. The number of allylic oxidation sites excluding steroid dienone is 4. The van der Waals surface area contributed by atoms with Crippen molar-refractivity contribution in [3.63, 3.8) is 0 Å². The maximum Gasteiger partial charge on any atom is 0.485 e. The first-order valence-corrected chi connectivity index (χ1v) is 21.5. The number of hydrogen-bond acceptors (Lipinski definition) is 3. The van der Waals surface area contributed by atoms with Crippen LogP contribution in [0.25, 0.3) is 0 Å². The topological polar surface area (TPSA) is 57.2 Å². The smallest absolute Gasteiger partial charge is 0.485 e. The van der Waals surface area contributed by atoms with Crippen LogP contribution in [0.5, 0.6) is 0 Å². The summed E-state index contributed by atoms with van der Waals surface area (Å²) in [5, 5.41) is 8.39. The first kappa shape index (κ1) is 45.4. The van der Waals surface area contributed by atoms with Crippen LogP contribution in [0.4, 0.5) is 13.2 Å². The molecule has 1 aliphatic carbocycles. The Hall–Kier alpha value is -3.99. The van der Waals surface area contributed by atoms with E-state index in [-0.39, 0.29) is 20.1 Å². The zero-order chi connectivity index (χ0) is 38.5. The summed E-state index contributed by atoms with van der Waals surface area (Å²) >= 11 is 0. The average molecular weight is 974 g/mol. The van der Waals surface area contributed by atoms with Gasteiger partial charge in [-0.1, -0.05) is 206 Å². The van der Waals surface area contributed by atoms with Gasteiger partial charge in [0, 0.05) is 20.1 Å². The van der Waals surface area contributed by atoms with Crippen molar-refractivity contribution in [3.8, 4) is 0 Å². The van der Waals surface area contributed by atoms with E-state index in [1.54, 1.807) is 0 Å². The molecule has 287 valence electrons. The van der Waals surface area contributed by atoms with Gasteiger partial charge in [0.05, 0.1) is 0 Å². The first-order valence-electron chi connectivity index (χ1n) is 17.4. The molecular weight excluding hydrogens is 932 g/mol. The fraction of sp³-hybridized carbons (Fsp3) is 0.111. The van der Waals surface area contributed by atoms with E-state index in [4.69, 9.17) is 13.0 Å². The molecule has 0 heterocycles. The summed E-state index contributed by atoms with van der Waals surface area (Å²) in [4.78, 5) is 0. The van der Waals surface area contributed by atoms with Crippen molar-refractivity contribution in [2.75, 3.05) is 0 Å². The SMILES string of the molecule is C1=C\CC/C=C\CC/1.O=S(=O)([O-])C(F)(F)F.[Ir].c1ccc(P(c2ccccc2)c2ccccc2)cc1.c1ccc(P(c2ccccc2)c2ccccc2)cc1. The molecule has 0 saturated carbocycles. The predicted octanol–water partition coefficient (Wildman–Crippen LogP) is 9.61. The Morgan fingerprint density at radius 1 is 0.382 bits per heavy atom. The molecule has 6 aromatic carbocycles. The minimum absolute atomic E-state index is 0. The molecule has 6 aromatic rings. The largest absolute Gasteiger partial charge is 0.741 e. The maximum absolute atomic E-state index is 10.7. The molecule has 0 fully saturated rings. The van der Waals surface area contributed by atoms with Gasteiger partial charge in [0.2, 0.25) is 0 Å². The van der Waals surface area contributed by atoms with Crippen molar-refractivity contribution in [1.29, 1.82) is 0 Å². The van der Waals surface area contributed by atoms with Gasteiger partial charge < -0.3 is 4.55 Å². The Kier molecular flexibility index (Phi) is 20.2. The van der Waals surface area contributed by atoms with Crippen LogP contribution < -0.4 is 31.8 Å². The summed E-state index contributed by atoms with van der Waals surface area (Å²) in [6.45, 7) is 0. The second-order valence-electron chi connectivity index (χ2n) is 11.7. The van der Waals surface area contributed by atoms with Crippen LogP contribution in [0.1, 0.15) is 25.7 Å². The van der Waals surface area contributed by atoms with E-state index in [9.17, 15) is 13.2 Å². The summed E-state index contributed by atoms with van der Waals surface area (Å²) in [5.41, 5.74) is -5.65. The second-order valence-corrected chi connectivity index (χ2v) is 17.5. The summed E-state index contributed by atoms with van der Waals surface area (Å²) < 4.78 is 58.9. The van der Waals surface area contributed by atoms with Gasteiger partial charge in [-0.3, -0.25) is 0 Å². The summed E-state index contributed by atoms with van der Waals surface area (Å²) in [5.74, 6) is 0. The number of halogens is 3. The fourth-order valence-corrected chi connectivity index (χ4v) is 9.82. The quantitative estimate of drug-likeness (QED) is 0.0724. The maximum atomic E-state index is 10.7. The monoisotopic (exact) mass is 974 g/mol. The molecule has 1 radical (unpaired) electrons. The molecule has 0 spiro atoms. The zero-order valence-corrected chi connectivity index (χ0v) is 35.0. The number of rotatable bonds is 6. The van der Waals surface area contributed by atoms with Crippen molar-refractivity contribution in [3.05, 3.63) is 206 Å². The third-order valence-electron chi connectivity index (χ3n) is 7.70. The van der Waals surface area contributed by atoms with Crippen LogP contribution in [0.3, 0.4) is 0 Å². The van der Waals surface area contributed by atoms with E-state index >= 15 is 0 Å². The summed E-state index contributed by atoms with van der Waals surface area (Å²) in [7, 11) is -6.98. The van der Waals surface area contributed by atoms with E-state index in [2.05, 4.69) is 206 Å². The van der Waals surface area contributed by atoms with Crippen molar-refractivity contribution in [2.45, 2.75) is 31.2 Å². The van der Waals surface area contributed by atoms with Crippen LogP contribution in [0.2, 0.25) is 0 Å². The van der Waals surface area contributed by atoms with Gasteiger partial charge >= 0.3 is 5.51 Å². The Morgan fingerprint density at radius 2 is 0.527 bits per heavy atom. The van der Waals surface area contributed by atoms with E-state index in [1.165, 1.54) is 57.5 Å². The predicted molar refractivity (Wildman–Crippen MR) is 223 cm³/mol. The second kappa shape index (κ2) is 24.5. The normalized spacial score (nSPS) is 13.4. The van der Waals surface area contributed by atoms with Crippen LogP contribution in [0.15, 0.2) is 206 Å². The van der Waals surface area contributed by atoms with Crippen LogP contribution in [0, 0.1) is 0 Å². The van der Waals surface area contributed by atoms with Gasteiger partial charge in [-0.2, -0.15) is 13.2 Å². The van der Waals surface area contributed by atoms with E-state index in [0.717, 1.165) is 0 Å². The molecule has 7 rings (SSSR count). The molecule has 0 bridgehead atoms. The molecule has 10 heteroatoms. The van der Waals surface area contributed by atoms with Gasteiger partial charge in [0.15, 0.2) is 10.1 Å². The van der Waals surface area contributed by atoms with Gasteiger partial charge in [0.25, 0.3) is 0 Å². The van der Waals surface area contributed by atoms with E-state index in [1.807, 2.05) is 0 Å². The molecule has 0 amide bonds. The number of hydrogen-bond donors (Lipinski definition) is 0. The molecule has 0 aliphatic heterocycles. The minimum Gasteiger partial charge on any atom is -0.741 e. The molecule has 0 saturated heterocycles. The molecular formula is C45H42F3IrO3P2S-. The number of alkyl halides is 3. The summed E-state index contributed by atoms with van der Waals surface area (Å²) in [6.07, 6.45) is 14.0. The van der Waals surface area contributed by atoms with Gasteiger partial charge in [-0.05, 0) is 73.4 Å². The molecule has 1 aliphatic rings. The Morgan fingerprint density at radius 3 is 0.655 bits per heavy atom. The van der Waals surface area contributed by atoms with E-state index < -0.39 is 31.5 Å². The molecule has 0 aromatic heterocycles. The first-order chi connectivity index (χ1) is 26.1. The van der Waals surface area contributed by atoms with Crippen molar-refractivity contribution < 1.29 is 46.2 Å². The Labute approximate surface area is 339 Å². The third-order valence-corrected chi connectivity index (χ3v) is 13.2. The van der Waals surface area contributed by atoms with Gasteiger partial charge in [-0.25, -0.2) is 8.42 Å². The van der Waals surface area contributed by atoms with Gasteiger partial charge in [-0.15, -0.1) is 0 Å². The molecule has 55 heavy (non-hydrogen) atoms. The standard InChI is InChI=1S/2C18H15P.C8H12.CHF3O3S.Ir/c2*1-4-10-16(11-5-1)19(17-12-6-2-7-13-17)18-14-8-3-9-15-18;1-2-4-6-8-7-5-3-1;2-1(3,4)8(5,6)7;/h2*1-15H;1-2,7-8H,3-6H2;(H,5,6,7);/p-1/b;;2-1-,8-7-;;.